The Morgan fingerprint density at radius 1 is 0.574 bits per heavy atom. The molecule has 9 aromatic rings. The molecule has 4 nitrogen and oxygen atoms in total. The summed E-state index contributed by atoms with van der Waals surface area (Å²) in [5, 5.41) is 7.36. The second-order valence-electron chi connectivity index (χ2n) is 13.0. The molecule has 47 heavy (non-hydrogen) atoms. The van der Waals surface area contributed by atoms with Crippen molar-refractivity contribution in [1.82, 2.24) is 14.5 Å². The van der Waals surface area contributed by atoms with Crippen molar-refractivity contribution in [3.05, 3.63) is 140 Å². The number of hydrogen-bond donors (Lipinski definition) is 0. The average molecular weight is 620 g/mol. The molecule has 0 unspecified atom stereocenters. The Kier molecular flexibility index (Phi) is 5.41. The molecular formula is C42H29N3OSi. The Morgan fingerprint density at radius 3 is 2.17 bits per heavy atom. The molecule has 6 aromatic carbocycles. The van der Waals surface area contributed by atoms with E-state index in [9.17, 15) is 0 Å². The summed E-state index contributed by atoms with van der Waals surface area (Å²) in [6.45, 7) is 4.86. The Morgan fingerprint density at radius 2 is 1.28 bits per heavy atom. The van der Waals surface area contributed by atoms with Gasteiger partial charge in [-0.1, -0.05) is 122 Å². The van der Waals surface area contributed by atoms with Gasteiger partial charge in [0.25, 0.3) is 0 Å². The third-order valence-corrected chi connectivity index (χ3v) is 13.5. The van der Waals surface area contributed by atoms with Crippen molar-refractivity contribution >= 4 is 62.2 Å². The minimum absolute atomic E-state index is 0.757. The SMILES string of the molecule is C[Si]1(C)c2ccccc2-c2nc(-c3ccccc3)nc(-c3cccc(-n4c5ccccc5c5ccc6c7ccccc7oc6c54)c3)c21. The van der Waals surface area contributed by atoms with Gasteiger partial charge < -0.3 is 8.98 Å². The maximum Gasteiger partial charge on any atom is 0.160 e. The molecule has 0 aliphatic carbocycles. The Balaban J connectivity index is 1.27. The second-order valence-corrected chi connectivity index (χ2v) is 17.3. The zero-order chi connectivity index (χ0) is 31.3. The number of aromatic nitrogens is 3. The summed E-state index contributed by atoms with van der Waals surface area (Å²) in [7, 11) is -2.11. The van der Waals surface area contributed by atoms with Crippen LogP contribution in [0.15, 0.2) is 144 Å². The zero-order valence-electron chi connectivity index (χ0n) is 26.0. The van der Waals surface area contributed by atoms with E-state index in [1.165, 1.54) is 26.7 Å². The fourth-order valence-corrected chi connectivity index (χ4v) is 11.1. The lowest BCUT2D eigenvalue weighted by Gasteiger charge is -2.22. The Hall–Kier alpha value is -5.78. The molecule has 0 saturated heterocycles. The van der Waals surface area contributed by atoms with Crippen molar-refractivity contribution < 1.29 is 4.42 Å². The first-order chi connectivity index (χ1) is 23.1. The van der Waals surface area contributed by atoms with Crippen LogP contribution in [-0.2, 0) is 0 Å². The van der Waals surface area contributed by atoms with Gasteiger partial charge in [0.15, 0.2) is 11.4 Å². The van der Waals surface area contributed by atoms with Crippen molar-refractivity contribution in [1.29, 1.82) is 0 Å². The number of hydrogen-bond acceptors (Lipinski definition) is 3. The van der Waals surface area contributed by atoms with Gasteiger partial charge in [-0.2, -0.15) is 0 Å². The number of rotatable bonds is 3. The van der Waals surface area contributed by atoms with Gasteiger partial charge in [0.2, 0.25) is 0 Å². The van der Waals surface area contributed by atoms with E-state index in [4.69, 9.17) is 14.4 Å². The number of fused-ring (bicyclic) bond motifs is 10. The van der Waals surface area contributed by atoms with Gasteiger partial charge in [-0.05, 0) is 46.3 Å². The monoisotopic (exact) mass is 619 g/mol. The van der Waals surface area contributed by atoms with Gasteiger partial charge in [-0.3, -0.25) is 0 Å². The fraction of sp³-hybridized carbons (Fsp3) is 0.0476. The van der Waals surface area contributed by atoms with Gasteiger partial charge in [0.1, 0.15) is 13.7 Å². The molecule has 0 amide bonds. The summed E-state index contributed by atoms with van der Waals surface area (Å²) in [6, 6.07) is 49.5. The molecule has 10 rings (SSSR count). The largest absolute Gasteiger partial charge is 0.454 e. The predicted octanol–water partition coefficient (Wildman–Crippen LogP) is 9.61. The van der Waals surface area contributed by atoms with E-state index in [-0.39, 0.29) is 0 Å². The first-order valence-corrected chi connectivity index (χ1v) is 19.1. The highest BCUT2D eigenvalue weighted by Crippen LogP contribution is 2.41. The van der Waals surface area contributed by atoms with Gasteiger partial charge >= 0.3 is 0 Å². The average Bonchev–Trinajstić information content (AvgIpc) is 3.74. The predicted molar refractivity (Wildman–Crippen MR) is 197 cm³/mol. The highest BCUT2D eigenvalue weighted by Gasteiger charge is 2.41. The van der Waals surface area contributed by atoms with Crippen LogP contribution in [0.1, 0.15) is 0 Å². The molecule has 1 aliphatic heterocycles. The van der Waals surface area contributed by atoms with E-state index in [0.29, 0.717) is 0 Å². The van der Waals surface area contributed by atoms with E-state index < -0.39 is 8.07 Å². The van der Waals surface area contributed by atoms with Crippen LogP contribution < -0.4 is 10.4 Å². The maximum atomic E-state index is 6.62. The van der Waals surface area contributed by atoms with Crippen molar-refractivity contribution in [3.8, 4) is 39.6 Å². The lowest BCUT2D eigenvalue weighted by atomic mass is 10.1. The molecule has 0 saturated carbocycles. The highest BCUT2D eigenvalue weighted by molar-refractivity contribution is 7.04. The van der Waals surface area contributed by atoms with Gasteiger partial charge in [0.05, 0.1) is 22.4 Å². The van der Waals surface area contributed by atoms with Crippen LogP contribution in [0.25, 0.3) is 83.3 Å². The van der Waals surface area contributed by atoms with Crippen molar-refractivity contribution in [2.75, 3.05) is 0 Å². The fourth-order valence-electron chi connectivity index (χ4n) is 7.83. The third-order valence-electron chi connectivity index (χ3n) is 9.98. The summed E-state index contributed by atoms with van der Waals surface area (Å²) in [5.74, 6) is 0.757. The molecule has 0 N–H and O–H groups in total. The van der Waals surface area contributed by atoms with E-state index in [2.05, 4.69) is 145 Å². The van der Waals surface area contributed by atoms with Crippen LogP contribution in [0, 0.1) is 0 Å². The molecule has 5 heteroatoms. The lowest BCUT2D eigenvalue weighted by molar-refractivity contribution is 0.671. The van der Waals surface area contributed by atoms with Gasteiger partial charge in [-0.25, -0.2) is 9.97 Å². The summed E-state index contributed by atoms with van der Waals surface area (Å²) in [6.07, 6.45) is 0. The summed E-state index contributed by atoms with van der Waals surface area (Å²) in [5.41, 5.74) is 10.6. The first-order valence-electron chi connectivity index (χ1n) is 16.1. The van der Waals surface area contributed by atoms with Crippen LogP contribution in [0.2, 0.25) is 13.1 Å². The van der Waals surface area contributed by atoms with Gasteiger partial charge in [0, 0.05) is 38.4 Å². The van der Waals surface area contributed by atoms with E-state index in [0.717, 1.165) is 67.0 Å². The van der Waals surface area contributed by atoms with Gasteiger partial charge in [-0.15, -0.1) is 0 Å². The molecule has 4 heterocycles. The van der Waals surface area contributed by atoms with Crippen LogP contribution in [0.3, 0.4) is 0 Å². The minimum atomic E-state index is -2.11. The standard InChI is InChI=1S/C42H29N3OSi/c1-47(2)36-22-11-8-19-33(36)38-41(47)37(43-42(44-38)26-13-4-3-5-14-26)27-15-12-16-28(25-27)45-34-20-9-6-17-29(34)31-23-24-32-30-18-7-10-21-35(30)46-40(32)39(31)45/h3-25H,1-2H3. The number of benzene rings is 6. The number of para-hydroxylation sites is 2. The molecular weight excluding hydrogens is 591 g/mol. The second kappa shape index (κ2) is 9.61. The Bertz CT molecular complexity index is 2720. The third kappa shape index (κ3) is 3.69. The molecule has 222 valence electrons. The number of furan rings is 1. The van der Waals surface area contributed by atoms with Crippen LogP contribution in [0.4, 0.5) is 0 Å². The molecule has 0 spiro atoms. The van der Waals surface area contributed by atoms with Crippen molar-refractivity contribution in [2.24, 2.45) is 0 Å². The summed E-state index contributed by atoms with van der Waals surface area (Å²) < 4.78 is 9.00. The number of nitrogens with zero attached hydrogens (tertiary/aromatic N) is 3. The summed E-state index contributed by atoms with van der Waals surface area (Å²) >= 11 is 0. The highest BCUT2D eigenvalue weighted by atomic mass is 28.3. The van der Waals surface area contributed by atoms with Crippen LogP contribution >= 0.6 is 0 Å². The van der Waals surface area contributed by atoms with Crippen LogP contribution in [-0.4, -0.2) is 22.6 Å². The van der Waals surface area contributed by atoms with Crippen LogP contribution in [0.5, 0.6) is 0 Å². The van der Waals surface area contributed by atoms with Crippen molar-refractivity contribution in [2.45, 2.75) is 13.1 Å². The molecule has 0 atom stereocenters. The molecule has 3 aromatic heterocycles. The Labute approximate surface area is 272 Å². The smallest absolute Gasteiger partial charge is 0.160 e. The lowest BCUT2D eigenvalue weighted by Crippen LogP contribution is -2.50. The maximum absolute atomic E-state index is 6.62. The van der Waals surface area contributed by atoms with E-state index in [1.54, 1.807) is 0 Å². The normalized spacial score (nSPS) is 13.5. The van der Waals surface area contributed by atoms with E-state index >= 15 is 0 Å². The minimum Gasteiger partial charge on any atom is -0.454 e. The molecule has 0 bridgehead atoms. The zero-order valence-corrected chi connectivity index (χ0v) is 27.0. The quantitative estimate of drug-likeness (QED) is 0.185. The molecule has 1 aliphatic rings. The summed E-state index contributed by atoms with van der Waals surface area (Å²) in [4.78, 5) is 10.6. The first kappa shape index (κ1) is 26.4. The molecule has 0 radical (unpaired) electrons. The topological polar surface area (TPSA) is 43.9 Å². The van der Waals surface area contributed by atoms with E-state index in [1.807, 2.05) is 12.1 Å². The van der Waals surface area contributed by atoms with Crippen molar-refractivity contribution in [3.63, 3.8) is 0 Å². The molecule has 0 fully saturated rings.